The molecule has 0 aromatic heterocycles. The minimum atomic E-state index is -0.795. The van der Waals surface area contributed by atoms with Crippen molar-refractivity contribution in [1.82, 2.24) is 10.2 Å². The highest BCUT2D eigenvalue weighted by atomic mass is 16.5. The van der Waals surface area contributed by atoms with Crippen LogP contribution in [0, 0.1) is 0 Å². The fourth-order valence-corrected chi connectivity index (χ4v) is 2.15. The normalized spacial score (nSPS) is 22.5. The Morgan fingerprint density at radius 1 is 1.26 bits per heavy atom. The van der Waals surface area contributed by atoms with Crippen LogP contribution in [0.25, 0.3) is 0 Å². The molecular formula is C14H26N2O3. The molecule has 1 N–H and O–H groups in total. The molecule has 1 aliphatic heterocycles. The van der Waals surface area contributed by atoms with Crippen molar-refractivity contribution in [3.05, 3.63) is 0 Å². The molecule has 0 aromatic carbocycles. The Morgan fingerprint density at radius 3 is 2.53 bits per heavy atom. The van der Waals surface area contributed by atoms with E-state index in [1.165, 1.54) is 0 Å². The number of rotatable bonds is 7. The quantitative estimate of drug-likeness (QED) is 0.710. The summed E-state index contributed by atoms with van der Waals surface area (Å²) in [5, 5.41) is 2.78. The van der Waals surface area contributed by atoms with E-state index >= 15 is 0 Å². The summed E-state index contributed by atoms with van der Waals surface area (Å²) in [6, 6.07) is -0.392. The monoisotopic (exact) mass is 270 g/mol. The van der Waals surface area contributed by atoms with Gasteiger partial charge in [-0.05, 0) is 26.7 Å². The van der Waals surface area contributed by atoms with Crippen LogP contribution in [0.15, 0.2) is 0 Å². The lowest BCUT2D eigenvalue weighted by atomic mass is 9.95. The molecule has 1 unspecified atom stereocenters. The molecule has 0 spiro atoms. The van der Waals surface area contributed by atoms with Crippen molar-refractivity contribution in [2.45, 2.75) is 58.5 Å². The lowest BCUT2D eigenvalue weighted by Crippen LogP contribution is -2.68. The predicted molar refractivity (Wildman–Crippen MR) is 73.7 cm³/mol. The van der Waals surface area contributed by atoms with E-state index in [0.717, 1.165) is 12.8 Å². The van der Waals surface area contributed by atoms with E-state index in [2.05, 4.69) is 12.2 Å². The molecule has 1 saturated heterocycles. The average molecular weight is 270 g/mol. The van der Waals surface area contributed by atoms with Crippen molar-refractivity contribution < 1.29 is 14.3 Å². The molecule has 1 aliphatic rings. The van der Waals surface area contributed by atoms with E-state index in [-0.39, 0.29) is 11.8 Å². The number of amides is 2. The number of hydrogen-bond donors (Lipinski definition) is 1. The molecule has 2 amide bonds. The first-order valence-electron chi connectivity index (χ1n) is 7.15. The molecule has 1 atom stereocenters. The van der Waals surface area contributed by atoms with Crippen LogP contribution in [-0.4, -0.2) is 48.1 Å². The molecule has 110 valence electrons. The third kappa shape index (κ3) is 3.69. The number of unbranched alkanes of at least 4 members (excludes halogenated alkanes) is 1. The van der Waals surface area contributed by atoms with E-state index < -0.39 is 11.6 Å². The van der Waals surface area contributed by atoms with Crippen molar-refractivity contribution in [2.24, 2.45) is 0 Å². The van der Waals surface area contributed by atoms with Crippen LogP contribution in [-0.2, 0) is 14.3 Å². The Labute approximate surface area is 115 Å². The first-order valence-corrected chi connectivity index (χ1v) is 7.15. The molecule has 1 heterocycles. The second-order valence-electron chi connectivity index (χ2n) is 5.45. The van der Waals surface area contributed by atoms with Gasteiger partial charge in [-0.3, -0.25) is 9.59 Å². The van der Waals surface area contributed by atoms with E-state index in [1.807, 2.05) is 6.92 Å². The summed E-state index contributed by atoms with van der Waals surface area (Å²) in [5.41, 5.74) is -0.795. The maximum Gasteiger partial charge on any atom is 0.246 e. The molecule has 1 rings (SSSR count). The van der Waals surface area contributed by atoms with Crippen molar-refractivity contribution in [3.8, 4) is 0 Å². The third-order valence-corrected chi connectivity index (χ3v) is 3.61. The summed E-state index contributed by atoms with van der Waals surface area (Å²) in [6.07, 6.45) is 2.73. The SMILES string of the molecule is CCCCOCCN1C(=O)C(CC)NC(=O)C1(C)C. The minimum absolute atomic E-state index is 0.00816. The van der Waals surface area contributed by atoms with Gasteiger partial charge in [0.1, 0.15) is 11.6 Å². The smallest absolute Gasteiger partial charge is 0.246 e. The fourth-order valence-electron chi connectivity index (χ4n) is 2.15. The van der Waals surface area contributed by atoms with Crippen LogP contribution in [0.5, 0.6) is 0 Å². The summed E-state index contributed by atoms with van der Waals surface area (Å²) >= 11 is 0. The van der Waals surface area contributed by atoms with Crippen molar-refractivity contribution in [1.29, 1.82) is 0 Å². The Kier molecular flexibility index (Phi) is 5.79. The van der Waals surface area contributed by atoms with Gasteiger partial charge in [-0.1, -0.05) is 20.3 Å². The Bertz CT molecular complexity index is 329. The van der Waals surface area contributed by atoms with Gasteiger partial charge in [-0.25, -0.2) is 0 Å². The molecule has 0 aromatic rings. The highest BCUT2D eigenvalue weighted by molar-refractivity contribution is 5.99. The molecule has 0 saturated carbocycles. The number of carbonyl (C=O) groups is 2. The van der Waals surface area contributed by atoms with Crippen LogP contribution in [0.4, 0.5) is 0 Å². The maximum absolute atomic E-state index is 12.3. The summed E-state index contributed by atoms with van der Waals surface area (Å²) in [6.45, 7) is 9.23. The molecule has 5 heteroatoms. The van der Waals surface area contributed by atoms with Crippen molar-refractivity contribution in [2.75, 3.05) is 19.8 Å². The summed E-state index contributed by atoms with van der Waals surface area (Å²) in [4.78, 5) is 26.0. The Balaban J connectivity index is 2.60. The van der Waals surface area contributed by atoms with E-state index in [4.69, 9.17) is 4.74 Å². The van der Waals surface area contributed by atoms with Gasteiger partial charge < -0.3 is 15.0 Å². The summed E-state index contributed by atoms with van der Waals surface area (Å²) in [5.74, 6) is -0.0984. The Hall–Kier alpha value is -1.10. The number of hydrogen-bond acceptors (Lipinski definition) is 3. The number of nitrogens with one attached hydrogen (secondary N) is 1. The Morgan fingerprint density at radius 2 is 1.95 bits per heavy atom. The van der Waals surface area contributed by atoms with Gasteiger partial charge >= 0.3 is 0 Å². The number of ether oxygens (including phenoxy) is 1. The lowest BCUT2D eigenvalue weighted by molar-refractivity contribution is -0.156. The van der Waals surface area contributed by atoms with Crippen molar-refractivity contribution >= 4 is 11.8 Å². The minimum Gasteiger partial charge on any atom is -0.380 e. The van der Waals surface area contributed by atoms with Crippen LogP contribution in [0.3, 0.4) is 0 Å². The zero-order valence-corrected chi connectivity index (χ0v) is 12.5. The second kappa shape index (κ2) is 6.89. The number of nitrogens with zero attached hydrogens (tertiary/aromatic N) is 1. The second-order valence-corrected chi connectivity index (χ2v) is 5.45. The highest BCUT2D eigenvalue weighted by Crippen LogP contribution is 2.21. The third-order valence-electron chi connectivity index (χ3n) is 3.61. The van der Waals surface area contributed by atoms with Gasteiger partial charge in [0.05, 0.1) is 6.61 Å². The molecule has 1 fully saturated rings. The van der Waals surface area contributed by atoms with Crippen LogP contribution in [0.1, 0.15) is 47.0 Å². The van der Waals surface area contributed by atoms with Crippen molar-refractivity contribution in [3.63, 3.8) is 0 Å². The first-order chi connectivity index (χ1) is 8.95. The van der Waals surface area contributed by atoms with Crippen LogP contribution >= 0.6 is 0 Å². The largest absolute Gasteiger partial charge is 0.380 e. The summed E-state index contributed by atoms with van der Waals surface area (Å²) < 4.78 is 5.50. The number of piperazine rings is 1. The molecular weight excluding hydrogens is 244 g/mol. The molecule has 0 aliphatic carbocycles. The van der Waals surface area contributed by atoms with Gasteiger partial charge in [0, 0.05) is 13.2 Å². The zero-order valence-electron chi connectivity index (χ0n) is 12.5. The van der Waals surface area contributed by atoms with Gasteiger partial charge in [0.25, 0.3) is 0 Å². The highest BCUT2D eigenvalue weighted by Gasteiger charge is 2.45. The molecule has 0 radical (unpaired) electrons. The van der Waals surface area contributed by atoms with Gasteiger partial charge in [0.15, 0.2) is 0 Å². The first kappa shape index (κ1) is 16.0. The topological polar surface area (TPSA) is 58.6 Å². The molecule has 19 heavy (non-hydrogen) atoms. The predicted octanol–water partition coefficient (Wildman–Crippen LogP) is 1.32. The maximum atomic E-state index is 12.3. The van der Waals surface area contributed by atoms with Crippen LogP contribution in [0.2, 0.25) is 0 Å². The molecule has 0 bridgehead atoms. The summed E-state index contributed by atoms with van der Waals surface area (Å²) in [7, 11) is 0. The number of carbonyl (C=O) groups excluding carboxylic acids is 2. The van der Waals surface area contributed by atoms with E-state index in [1.54, 1.807) is 18.7 Å². The van der Waals surface area contributed by atoms with Crippen LogP contribution < -0.4 is 5.32 Å². The van der Waals surface area contributed by atoms with Gasteiger partial charge in [0.2, 0.25) is 11.8 Å². The van der Waals surface area contributed by atoms with E-state index in [0.29, 0.717) is 26.2 Å². The fraction of sp³-hybridized carbons (Fsp3) is 0.857. The average Bonchev–Trinajstić information content (AvgIpc) is 2.37. The van der Waals surface area contributed by atoms with Gasteiger partial charge in [-0.15, -0.1) is 0 Å². The lowest BCUT2D eigenvalue weighted by Gasteiger charge is -2.44. The standard InChI is InChI=1S/C14H26N2O3/c1-5-7-9-19-10-8-16-12(17)11(6-2)15-13(18)14(16,3)4/h11H,5-10H2,1-4H3,(H,15,18). The van der Waals surface area contributed by atoms with E-state index in [9.17, 15) is 9.59 Å². The molecule has 5 nitrogen and oxygen atoms in total. The van der Waals surface area contributed by atoms with Gasteiger partial charge in [-0.2, -0.15) is 0 Å². The zero-order chi connectivity index (χ0) is 14.5.